The molecule has 0 radical (unpaired) electrons. The number of thioether (sulfide) groups is 1. The fourth-order valence-electron chi connectivity index (χ4n) is 3.60. The molecule has 1 amide bonds. The van der Waals surface area contributed by atoms with Crippen LogP contribution in [-0.4, -0.2) is 39.4 Å². The van der Waals surface area contributed by atoms with Crippen LogP contribution in [0.1, 0.15) is 50.6 Å². The molecule has 2 aliphatic carbocycles. The number of nitrogens with one attached hydrogen (secondary N) is 1. The van der Waals surface area contributed by atoms with Gasteiger partial charge in [-0.25, -0.2) is 4.98 Å². The van der Waals surface area contributed by atoms with Gasteiger partial charge in [0.15, 0.2) is 0 Å². The highest BCUT2D eigenvalue weighted by molar-refractivity contribution is 8.01. The van der Waals surface area contributed by atoms with Crippen molar-refractivity contribution < 1.29 is 9.90 Å². The minimum Gasteiger partial charge on any atom is -0.392 e. The van der Waals surface area contributed by atoms with Gasteiger partial charge >= 0.3 is 0 Å². The number of thiazole rings is 1. The predicted octanol–water partition coefficient (Wildman–Crippen LogP) is 2.46. The van der Waals surface area contributed by atoms with Crippen molar-refractivity contribution in [3.63, 3.8) is 0 Å². The second kappa shape index (κ2) is 8.17. The number of carbonyl (C=O) groups is 1. The third-order valence-electron chi connectivity index (χ3n) is 5.12. The van der Waals surface area contributed by atoms with E-state index in [-0.39, 0.29) is 23.9 Å². The van der Waals surface area contributed by atoms with Crippen LogP contribution in [0.15, 0.2) is 9.72 Å². The first-order valence-electron chi connectivity index (χ1n) is 8.84. The van der Waals surface area contributed by atoms with E-state index in [0.717, 1.165) is 42.1 Å². The molecule has 0 bridgehead atoms. The fourth-order valence-corrected chi connectivity index (χ4v) is 5.89. The Morgan fingerprint density at radius 2 is 2.08 bits per heavy atom. The van der Waals surface area contributed by atoms with Gasteiger partial charge < -0.3 is 16.2 Å². The molecule has 1 aromatic heterocycles. The van der Waals surface area contributed by atoms with E-state index in [1.165, 1.54) is 0 Å². The van der Waals surface area contributed by atoms with Gasteiger partial charge in [0.2, 0.25) is 5.91 Å². The number of hydrogen-bond acceptors (Lipinski definition) is 6. The standard InChI is InChI=1S/C17H27N3O2S2/c1-10-9-23-17(19-10)24-13-5-3-12(4-6-13)20-16(22)11-2-7-15(21)14(18)8-11/h9,11-15,21H,2-8,18H2,1H3,(H,20,22)/t11-,12?,13?,14+,15+/m0/s1. The Balaban J connectivity index is 1.41. The highest BCUT2D eigenvalue weighted by atomic mass is 32.2. The lowest BCUT2D eigenvalue weighted by atomic mass is 9.83. The lowest BCUT2D eigenvalue weighted by Gasteiger charge is -2.33. The van der Waals surface area contributed by atoms with Crippen LogP contribution in [0, 0.1) is 12.8 Å². The number of hydrogen-bond donors (Lipinski definition) is 3. The van der Waals surface area contributed by atoms with Crippen molar-refractivity contribution in [1.82, 2.24) is 10.3 Å². The summed E-state index contributed by atoms with van der Waals surface area (Å²) in [4.78, 5) is 17.0. The summed E-state index contributed by atoms with van der Waals surface area (Å²) >= 11 is 3.61. The molecule has 0 aromatic carbocycles. The van der Waals surface area contributed by atoms with E-state index in [4.69, 9.17) is 5.73 Å². The van der Waals surface area contributed by atoms with Crippen molar-refractivity contribution in [2.45, 2.75) is 79.6 Å². The molecule has 0 spiro atoms. The van der Waals surface area contributed by atoms with E-state index in [1.54, 1.807) is 11.3 Å². The zero-order chi connectivity index (χ0) is 17.1. The molecule has 1 aromatic rings. The van der Waals surface area contributed by atoms with E-state index in [9.17, 15) is 9.90 Å². The topological polar surface area (TPSA) is 88.2 Å². The van der Waals surface area contributed by atoms with Crippen molar-refractivity contribution in [2.75, 3.05) is 0 Å². The number of nitrogens with zero attached hydrogens (tertiary/aromatic N) is 1. The van der Waals surface area contributed by atoms with Crippen LogP contribution in [0.3, 0.4) is 0 Å². The van der Waals surface area contributed by atoms with Crippen molar-refractivity contribution in [3.05, 3.63) is 11.1 Å². The molecule has 24 heavy (non-hydrogen) atoms. The van der Waals surface area contributed by atoms with Crippen molar-refractivity contribution in [2.24, 2.45) is 11.7 Å². The molecular weight excluding hydrogens is 342 g/mol. The Morgan fingerprint density at radius 3 is 2.71 bits per heavy atom. The van der Waals surface area contributed by atoms with Gasteiger partial charge in [-0.3, -0.25) is 4.79 Å². The molecule has 0 unspecified atom stereocenters. The average molecular weight is 370 g/mol. The van der Waals surface area contributed by atoms with Crippen LogP contribution in [0.4, 0.5) is 0 Å². The van der Waals surface area contributed by atoms with Crippen LogP contribution in [0.2, 0.25) is 0 Å². The minimum atomic E-state index is -0.448. The van der Waals surface area contributed by atoms with E-state index in [0.29, 0.717) is 18.1 Å². The Hall–Kier alpha value is -0.630. The predicted molar refractivity (Wildman–Crippen MR) is 98.2 cm³/mol. The molecule has 0 saturated heterocycles. The number of carbonyl (C=O) groups excluding carboxylic acids is 1. The molecule has 4 N–H and O–H groups in total. The van der Waals surface area contributed by atoms with E-state index in [1.807, 2.05) is 18.7 Å². The number of nitrogens with two attached hydrogens (primary N) is 1. The van der Waals surface area contributed by atoms with Crippen LogP contribution >= 0.6 is 23.1 Å². The summed E-state index contributed by atoms with van der Waals surface area (Å²) in [5.41, 5.74) is 6.99. The number of aliphatic hydroxyl groups excluding tert-OH is 1. The molecule has 3 atom stereocenters. The zero-order valence-corrected chi connectivity index (χ0v) is 15.7. The van der Waals surface area contributed by atoms with Gasteiger partial charge in [-0.15, -0.1) is 11.3 Å². The Bertz CT molecular complexity index is 558. The number of amides is 1. The summed E-state index contributed by atoms with van der Waals surface area (Å²) in [6.07, 6.45) is 5.85. The third kappa shape index (κ3) is 4.71. The lowest BCUT2D eigenvalue weighted by molar-refractivity contribution is -0.127. The molecule has 7 heteroatoms. The molecule has 2 aliphatic rings. The zero-order valence-electron chi connectivity index (χ0n) is 14.1. The molecule has 3 rings (SSSR count). The van der Waals surface area contributed by atoms with Gasteiger partial charge in [-0.1, -0.05) is 11.8 Å². The Labute approximate surface area is 151 Å². The summed E-state index contributed by atoms with van der Waals surface area (Å²) < 4.78 is 1.16. The molecule has 2 saturated carbocycles. The van der Waals surface area contributed by atoms with Crippen molar-refractivity contribution in [1.29, 1.82) is 0 Å². The van der Waals surface area contributed by atoms with E-state index in [2.05, 4.69) is 15.7 Å². The molecule has 0 aliphatic heterocycles. The molecule has 134 valence electrons. The highest BCUT2D eigenvalue weighted by Crippen LogP contribution is 2.35. The van der Waals surface area contributed by atoms with Crippen molar-refractivity contribution in [3.8, 4) is 0 Å². The fraction of sp³-hybridized carbons (Fsp3) is 0.765. The van der Waals surface area contributed by atoms with Crippen LogP contribution < -0.4 is 11.1 Å². The smallest absolute Gasteiger partial charge is 0.223 e. The Morgan fingerprint density at radius 1 is 1.33 bits per heavy atom. The van der Waals surface area contributed by atoms with Crippen LogP contribution in [-0.2, 0) is 4.79 Å². The highest BCUT2D eigenvalue weighted by Gasteiger charge is 2.32. The summed E-state index contributed by atoms with van der Waals surface area (Å²) in [6.45, 7) is 2.03. The first-order valence-corrected chi connectivity index (χ1v) is 10.6. The maximum Gasteiger partial charge on any atom is 0.223 e. The normalized spacial score (nSPS) is 34.0. The van der Waals surface area contributed by atoms with Crippen LogP contribution in [0.25, 0.3) is 0 Å². The maximum atomic E-state index is 12.4. The third-order valence-corrected chi connectivity index (χ3v) is 7.55. The van der Waals surface area contributed by atoms with Gasteiger partial charge in [0.05, 0.1) is 6.10 Å². The monoisotopic (exact) mass is 369 g/mol. The summed E-state index contributed by atoms with van der Waals surface area (Å²) in [5.74, 6) is 0.0952. The van der Waals surface area contributed by atoms with Gasteiger partial charge in [-0.05, 0) is 51.9 Å². The van der Waals surface area contributed by atoms with Gasteiger partial charge in [-0.2, -0.15) is 0 Å². The summed E-state index contributed by atoms with van der Waals surface area (Å²) in [5, 5.41) is 15.6. The summed E-state index contributed by atoms with van der Waals surface area (Å²) in [7, 11) is 0. The second-order valence-corrected chi connectivity index (χ2v) is 9.50. The van der Waals surface area contributed by atoms with Gasteiger partial charge in [0, 0.05) is 34.3 Å². The number of aliphatic hydroxyl groups is 1. The lowest BCUT2D eigenvalue weighted by Crippen LogP contribution is -2.47. The maximum absolute atomic E-state index is 12.4. The molecular formula is C17H27N3O2S2. The minimum absolute atomic E-state index is 0.0335. The molecule has 1 heterocycles. The number of aryl methyl sites for hydroxylation is 1. The van der Waals surface area contributed by atoms with Gasteiger partial charge in [0.1, 0.15) is 4.34 Å². The van der Waals surface area contributed by atoms with E-state index < -0.39 is 6.10 Å². The Kier molecular flexibility index (Phi) is 6.18. The largest absolute Gasteiger partial charge is 0.392 e. The van der Waals surface area contributed by atoms with E-state index >= 15 is 0 Å². The number of rotatable bonds is 4. The van der Waals surface area contributed by atoms with Crippen molar-refractivity contribution >= 4 is 29.0 Å². The quantitative estimate of drug-likeness (QED) is 0.759. The molecule has 2 fully saturated rings. The SMILES string of the molecule is Cc1csc(SC2CCC(NC(=O)[C@H]3CC[C@@H](O)[C@H](N)C3)CC2)n1. The summed E-state index contributed by atoms with van der Waals surface area (Å²) in [6, 6.07) is 0.0267. The number of aromatic nitrogens is 1. The van der Waals surface area contributed by atoms with Gasteiger partial charge in [0.25, 0.3) is 0 Å². The first-order chi connectivity index (χ1) is 11.5. The second-order valence-electron chi connectivity index (χ2n) is 7.10. The average Bonchev–Trinajstić information content (AvgIpc) is 2.97. The molecule has 5 nitrogen and oxygen atoms in total. The van der Waals surface area contributed by atoms with Crippen LogP contribution in [0.5, 0.6) is 0 Å². The first kappa shape index (κ1) is 18.2.